The highest BCUT2D eigenvalue weighted by molar-refractivity contribution is 5.54. The van der Waals surface area contributed by atoms with Gasteiger partial charge in [0.2, 0.25) is 0 Å². The van der Waals surface area contributed by atoms with Crippen molar-refractivity contribution >= 4 is 0 Å². The van der Waals surface area contributed by atoms with Crippen molar-refractivity contribution < 1.29 is 0 Å². The molecule has 3 aliphatic rings. The van der Waals surface area contributed by atoms with E-state index in [9.17, 15) is 0 Å². The van der Waals surface area contributed by atoms with Crippen molar-refractivity contribution in [2.24, 2.45) is 10.8 Å². The van der Waals surface area contributed by atoms with Gasteiger partial charge in [-0.1, -0.05) is 61.1 Å². The maximum atomic E-state index is 2.46. The summed E-state index contributed by atoms with van der Waals surface area (Å²) < 4.78 is 0. The molecule has 0 bridgehead atoms. The number of rotatable bonds is 1. The SMILES string of the molecule is C[C@@]12C[C@@H](c3ccccc3)C3=CC=C[C@]31C2. The van der Waals surface area contributed by atoms with Crippen LogP contribution in [0.1, 0.15) is 31.2 Å². The fraction of sp³-hybridized carbons (Fsp3) is 0.375. The summed E-state index contributed by atoms with van der Waals surface area (Å²) in [5.41, 5.74) is 4.21. The van der Waals surface area contributed by atoms with Crippen molar-refractivity contribution in [1.29, 1.82) is 0 Å². The molecule has 1 aromatic rings. The average molecular weight is 208 g/mol. The second-order valence-electron chi connectivity index (χ2n) is 5.86. The number of hydrogen-bond acceptors (Lipinski definition) is 0. The molecule has 0 unspecified atom stereocenters. The van der Waals surface area contributed by atoms with Crippen molar-refractivity contribution in [2.75, 3.05) is 0 Å². The van der Waals surface area contributed by atoms with Crippen LogP contribution in [0.4, 0.5) is 0 Å². The van der Waals surface area contributed by atoms with Crippen LogP contribution in [-0.4, -0.2) is 0 Å². The molecule has 80 valence electrons. The lowest BCUT2D eigenvalue weighted by molar-refractivity contribution is 0.497. The Bertz CT molecular complexity index is 508. The highest BCUT2D eigenvalue weighted by Crippen LogP contribution is 2.80. The van der Waals surface area contributed by atoms with Gasteiger partial charge in [0.25, 0.3) is 0 Å². The minimum absolute atomic E-state index is 0.466. The molecule has 0 N–H and O–H groups in total. The molecule has 0 aromatic heterocycles. The van der Waals surface area contributed by atoms with Crippen LogP contribution >= 0.6 is 0 Å². The lowest BCUT2D eigenvalue weighted by Crippen LogP contribution is -2.02. The molecule has 4 rings (SSSR count). The van der Waals surface area contributed by atoms with Crippen molar-refractivity contribution in [3.63, 3.8) is 0 Å². The van der Waals surface area contributed by atoms with Crippen LogP contribution in [0, 0.1) is 10.8 Å². The third-order valence-corrected chi connectivity index (χ3v) is 5.02. The molecule has 0 heteroatoms. The van der Waals surface area contributed by atoms with E-state index in [-0.39, 0.29) is 0 Å². The fourth-order valence-electron chi connectivity index (χ4n) is 4.07. The number of hydrogen-bond donors (Lipinski definition) is 0. The minimum atomic E-state index is 0.466. The van der Waals surface area contributed by atoms with E-state index in [1.807, 2.05) is 0 Å². The van der Waals surface area contributed by atoms with Gasteiger partial charge in [0.1, 0.15) is 0 Å². The molecule has 2 fully saturated rings. The molecule has 0 amide bonds. The summed E-state index contributed by atoms with van der Waals surface area (Å²) in [5.74, 6) is 0.676. The van der Waals surface area contributed by atoms with Crippen LogP contribution in [0.15, 0.2) is 54.1 Å². The third-order valence-electron chi connectivity index (χ3n) is 5.02. The molecular formula is C16H16. The summed E-state index contributed by atoms with van der Waals surface area (Å²) in [6.45, 7) is 2.46. The Hall–Kier alpha value is -1.30. The van der Waals surface area contributed by atoms with Gasteiger partial charge in [-0.3, -0.25) is 0 Å². The molecular weight excluding hydrogens is 192 g/mol. The van der Waals surface area contributed by atoms with E-state index in [1.165, 1.54) is 18.4 Å². The molecule has 1 spiro atoms. The Labute approximate surface area is 96.7 Å². The zero-order chi connectivity index (χ0) is 10.8. The van der Waals surface area contributed by atoms with Crippen molar-refractivity contribution in [3.05, 3.63) is 59.7 Å². The first-order valence-corrected chi connectivity index (χ1v) is 6.20. The molecule has 2 saturated carbocycles. The summed E-state index contributed by atoms with van der Waals surface area (Å²) in [6, 6.07) is 11.0. The topological polar surface area (TPSA) is 0 Å². The highest BCUT2D eigenvalue weighted by atomic mass is 14.7. The molecule has 1 aromatic carbocycles. The second-order valence-corrected chi connectivity index (χ2v) is 5.86. The molecule has 0 nitrogen and oxygen atoms in total. The van der Waals surface area contributed by atoms with Gasteiger partial charge in [-0.25, -0.2) is 0 Å². The monoisotopic (exact) mass is 208 g/mol. The van der Waals surface area contributed by atoms with Crippen LogP contribution in [0.5, 0.6) is 0 Å². The van der Waals surface area contributed by atoms with Crippen molar-refractivity contribution in [2.45, 2.75) is 25.7 Å². The smallest absolute Gasteiger partial charge is 0.0163 e. The summed E-state index contributed by atoms with van der Waals surface area (Å²) in [4.78, 5) is 0. The summed E-state index contributed by atoms with van der Waals surface area (Å²) in [5, 5.41) is 0. The van der Waals surface area contributed by atoms with E-state index in [0.29, 0.717) is 16.7 Å². The number of benzene rings is 1. The predicted molar refractivity (Wildman–Crippen MR) is 66.2 cm³/mol. The van der Waals surface area contributed by atoms with E-state index < -0.39 is 0 Å². The minimum Gasteiger partial charge on any atom is -0.0737 e. The fourth-order valence-corrected chi connectivity index (χ4v) is 4.07. The van der Waals surface area contributed by atoms with Crippen LogP contribution in [0.3, 0.4) is 0 Å². The van der Waals surface area contributed by atoms with Crippen LogP contribution in [0.25, 0.3) is 0 Å². The molecule has 16 heavy (non-hydrogen) atoms. The highest BCUT2D eigenvalue weighted by Gasteiger charge is 2.71. The predicted octanol–water partition coefficient (Wildman–Crippen LogP) is 4.07. The van der Waals surface area contributed by atoms with Gasteiger partial charge >= 0.3 is 0 Å². The molecule has 3 aliphatic carbocycles. The van der Waals surface area contributed by atoms with Gasteiger partial charge in [-0.05, 0) is 23.8 Å². The Kier molecular flexibility index (Phi) is 1.38. The first-order chi connectivity index (χ1) is 7.75. The maximum Gasteiger partial charge on any atom is 0.0163 e. The van der Waals surface area contributed by atoms with E-state index in [1.54, 1.807) is 5.57 Å². The summed E-state index contributed by atoms with van der Waals surface area (Å²) >= 11 is 0. The van der Waals surface area contributed by atoms with Crippen LogP contribution in [0.2, 0.25) is 0 Å². The molecule has 3 atom stereocenters. The molecule has 0 radical (unpaired) electrons. The van der Waals surface area contributed by atoms with Gasteiger partial charge in [0.05, 0.1) is 0 Å². The Balaban J connectivity index is 1.80. The normalized spacial score (nSPS) is 42.8. The Morgan fingerprint density at radius 2 is 2.00 bits per heavy atom. The lowest BCUT2D eigenvalue weighted by Gasteiger charge is -2.17. The average Bonchev–Trinajstić information content (AvgIpc) is 2.62. The van der Waals surface area contributed by atoms with E-state index >= 15 is 0 Å². The first-order valence-electron chi connectivity index (χ1n) is 6.20. The van der Waals surface area contributed by atoms with E-state index in [2.05, 4.69) is 55.5 Å². The van der Waals surface area contributed by atoms with Gasteiger partial charge in [0, 0.05) is 11.3 Å². The Morgan fingerprint density at radius 1 is 1.19 bits per heavy atom. The quantitative estimate of drug-likeness (QED) is 0.652. The first kappa shape index (κ1) is 8.81. The van der Waals surface area contributed by atoms with Gasteiger partial charge in [-0.15, -0.1) is 0 Å². The largest absolute Gasteiger partial charge is 0.0737 e. The molecule has 0 heterocycles. The van der Waals surface area contributed by atoms with Crippen LogP contribution < -0.4 is 0 Å². The van der Waals surface area contributed by atoms with E-state index in [4.69, 9.17) is 0 Å². The zero-order valence-electron chi connectivity index (χ0n) is 9.61. The van der Waals surface area contributed by atoms with Gasteiger partial charge in [-0.2, -0.15) is 0 Å². The van der Waals surface area contributed by atoms with Gasteiger partial charge < -0.3 is 0 Å². The third kappa shape index (κ3) is 0.832. The maximum absolute atomic E-state index is 2.46. The lowest BCUT2D eigenvalue weighted by atomic mass is 9.87. The standard InChI is InChI=1S/C16H16/c1-15-10-13(12-6-3-2-4-7-12)14-8-5-9-16(14,15)11-15/h2-9,13H,10-11H2,1H3/t13-,15-,16-/m0/s1. The van der Waals surface area contributed by atoms with Crippen molar-refractivity contribution in [3.8, 4) is 0 Å². The zero-order valence-corrected chi connectivity index (χ0v) is 9.61. The van der Waals surface area contributed by atoms with Crippen molar-refractivity contribution in [1.82, 2.24) is 0 Å². The van der Waals surface area contributed by atoms with E-state index in [0.717, 1.165) is 0 Å². The molecule has 0 saturated heterocycles. The molecule has 0 aliphatic heterocycles. The Morgan fingerprint density at radius 3 is 2.81 bits per heavy atom. The summed E-state index contributed by atoms with van der Waals surface area (Å²) in [7, 11) is 0. The van der Waals surface area contributed by atoms with Crippen LogP contribution in [-0.2, 0) is 0 Å². The van der Waals surface area contributed by atoms with Gasteiger partial charge in [0.15, 0.2) is 0 Å². The number of allylic oxidation sites excluding steroid dienone is 4. The summed E-state index contributed by atoms with van der Waals surface area (Å²) in [6.07, 6.45) is 9.82. The second kappa shape index (κ2) is 2.51.